The zero-order valence-corrected chi connectivity index (χ0v) is 15.7. The van der Waals surface area contributed by atoms with Gasteiger partial charge in [-0.1, -0.05) is 25.8 Å². The Balaban J connectivity index is 1.93. The van der Waals surface area contributed by atoms with E-state index in [4.69, 9.17) is 0 Å². The van der Waals surface area contributed by atoms with E-state index in [2.05, 4.69) is 17.2 Å². The first-order valence-corrected chi connectivity index (χ1v) is 9.86. The Morgan fingerprint density at radius 3 is 2.75 bits per heavy atom. The quantitative estimate of drug-likeness (QED) is 0.689. The first kappa shape index (κ1) is 18.6. The number of carbonyl (C=O) groups excluding carboxylic acids is 2. The summed E-state index contributed by atoms with van der Waals surface area (Å²) in [5.41, 5.74) is 0.879. The van der Waals surface area contributed by atoms with Gasteiger partial charge < -0.3 is 10.2 Å². The summed E-state index contributed by atoms with van der Waals surface area (Å²) in [4.78, 5) is 31.7. The zero-order chi connectivity index (χ0) is 17.4. The van der Waals surface area contributed by atoms with Crippen molar-refractivity contribution in [3.05, 3.63) is 33.5 Å². The largest absolute Gasteiger partial charge is 0.333 e. The van der Waals surface area contributed by atoms with E-state index >= 15 is 0 Å². The summed E-state index contributed by atoms with van der Waals surface area (Å²) < 4.78 is 0. The Morgan fingerprint density at radius 2 is 2.12 bits per heavy atom. The van der Waals surface area contributed by atoms with Crippen LogP contribution in [-0.2, 0) is 16.0 Å². The molecule has 0 saturated carbocycles. The van der Waals surface area contributed by atoms with Gasteiger partial charge in [-0.2, -0.15) is 0 Å². The number of thiophene rings is 1. The molecule has 0 unspecified atom stereocenters. The number of aryl methyl sites for hydroxylation is 1. The number of hydrogen-bond acceptors (Lipinski definition) is 5. The molecule has 0 bridgehead atoms. The van der Waals surface area contributed by atoms with E-state index in [0.29, 0.717) is 18.1 Å². The molecule has 0 radical (unpaired) electrons. The van der Waals surface area contributed by atoms with Crippen LogP contribution in [0.2, 0.25) is 0 Å². The summed E-state index contributed by atoms with van der Waals surface area (Å²) in [5, 5.41) is 7.20. The van der Waals surface area contributed by atoms with Crippen molar-refractivity contribution in [2.75, 3.05) is 18.4 Å². The highest BCUT2D eigenvalue weighted by molar-refractivity contribution is 7.13. The lowest BCUT2D eigenvalue weighted by molar-refractivity contribution is -0.134. The monoisotopic (exact) mass is 365 g/mol. The number of carbonyl (C=O) groups is 2. The lowest BCUT2D eigenvalue weighted by Gasteiger charge is -2.21. The molecule has 0 spiro atoms. The van der Waals surface area contributed by atoms with Gasteiger partial charge in [-0.15, -0.1) is 22.7 Å². The van der Waals surface area contributed by atoms with Crippen molar-refractivity contribution in [2.45, 2.75) is 39.5 Å². The average Bonchev–Trinajstić information content (AvgIpc) is 3.18. The predicted octanol–water partition coefficient (Wildman–Crippen LogP) is 3.71. The van der Waals surface area contributed by atoms with Crippen molar-refractivity contribution in [3.8, 4) is 0 Å². The summed E-state index contributed by atoms with van der Waals surface area (Å²) in [5.74, 6) is -0.195. The van der Waals surface area contributed by atoms with Crippen molar-refractivity contribution in [2.24, 2.45) is 0 Å². The van der Waals surface area contributed by atoms with E-state index in [1.807, 2.05) is 29.8 Å². The van der Waals surface area contributed by atoms with Crippen LogP contribution in [0, 0.1) is 6.92 Å². The number of rotatable bonds is 9. The number of hydrogen-bond donors (Lipinski definition) is 1. The molecule has 0 aliphatic rings. The lowest BCUT2D eigenvalue weighted by atomic mass is 10.2. The molecular formula is C17H23N3O2S2. The molecule has 2 heterocycles. The molecule has 2 rings (SSSR count). The highest BCUT2D eigenvalue weighted by atomic mass is 32.1. The Morgan fingerprint density at radius 1 is 1.29 bits per heavy atom. The van der Waals surface area contributed by atoms with Crippen LogP contribution < -0.4 is 5.32 Å². The van der Waals surface area contributed by atoms with Crippen LogP contribution in [0.1, 0.15) is 36.8 Å². The van der Waals surface area contributed by atoms with E-state index in [9.17, 15) is 9.59 Å². The van der Waals surface area contributed by atoms with E-state index in [-0.39, 0.29) is 18.4 Å². The fourth-order valence-electron chi connectivity index (χ4n) is 2.26. The van der Waals surface area contributed by atoms with E-state index < -0.39 is 0 Å². The molecule has 130 valence electrons. The third-order valence-electron chi connectivity index (χ3n) is 3.49. The van der Waals surface area contributed by atoms with Gasteiger partial charge in [0.15, 0.2) is 5.13 Å². The smallest absolute Gasteiger partial charge is 0.245 e. The molecule has 5 nitrogen and oxygen atoms in total. The number of anilines is 1. The van der Waals surface area contributed by atoms with Crippen LogP contribution >= 0.6 is 22.7 Å². The molecule has 24 heavy (non-hydrogen) atoms. The number of amides is 2. The molecule has 1 N–H and O–H groups in total. The number of nitrogens with zero attached hydrogens (tertiary/aromatic N) is 2. The van der Waals surface area contributed by atoms with Crippen molar-refractivity contribution in [1.82, 2.24) is 9.88 Å². The van der Waals surface area contributed by atoms with Gasteiger partial charge in [-0.3, -0.25) is 9.59 Å². The van der Waals surface area contributed by atoms with Gasteiger partial charge in [0.25, 0.3) is 0 Å². The molecule has 0 aromatic carbocycles. The highest BCUT2D eigenvalue weighted by Gasteiger charge is 2.18. The van der Waals surface area contributed by atoms with Crippen LogP contribution in [0.4, 0.5) is 5.13 Å². The van der Waals surface area contributed by atoms with Crippen LogP contribution in [-0.4, -0.2) is 34.8 Å². The van der Waals surface area contributed by atoms with Crippen molar-refractivity contribution >= 4 is 39.6 Å². The summed E-state index contributed by atoms with van der Waals surface area (Å²) in [6.07, 6.45) is 3.40. The van der Waals surface area contributed by atoms with Crippen molar-refractivity contribution in [3.63, 3.8) is 0 Å². The molecule has 2 amide bonds. The second-order valence-electron chi connectivity index (χ2n) is 5.62. The van der Waals surface area contributed by atoms with Gasteiger partial charge in [-0.05, 0) is 24.8 Å². The van der Waals surface area contributed by atoms with Crippen LogP contribution in [0.5, 0.6) is 0 Å². The van der Waals surface area contributed by atoms with Crippen LogP contribution in [0.15, 0.2) is 22.9 Å². The molecule has 2 aromatic rings. The highest BCUT2D eigenvalue weighted by Crippen LogP contribution is 2.15. The molecule has 0 saturated heterocycles. The van der Waals surface area contributed by atoms with Gasteiger partial charge in [-0.25, -0.2) is 4.98 Å². The fraction of sp³-hybridized carbons (Fsp3) is 0.471. The van der Waals surface area contributed by atoms with Crippen molar-refractivity contribution < 1.29 is 9.59 Å². The van der Waals surface area contributed by atoms with Crippen molar-refractivity contribution in [1.29, 1.82) is 0 Å². The maximum absolute atomic E-state index is 12.5. The molecule has 2 aromatic heterocycles. The maximum atomic E-state index is 12.5. The number of unbranched alkanes of at least 4 members (excludes halogenated alkanes) is 2. The fourth-order valence-corrected chi connectivity index (χ4v) is 3.66. The van der Waals surface area contributed by atoms with Gasteiger partial charge in [0.1, 0.15) is 0 Å². The lowest BCUT2D eigenvalue weighted by Crippen LogP contribution is -2.39. The second kappa shape index (κ2) is 9.54. The second-order valence-corrected chi connectivity index (χ2v) is 7.51. The van der Waals surface area contributed by atoms with E-state index in [0.717, 1.165) is 29.8 Å². The Bertz CT molecular complexity index is 653. The number of nitrogens with one attached hydrogen (secondary N) is 1. The topological polar surface area (TPSA) is 62.3 Å². The van der Waals surface area contributed by atoms with E-state index in [1.54, 1.807) is 16.2 Å². The van der Waals surface area contributed by atoms with Crippen LogP contribution in [0.25, 0.3) is 0 Å². The average molecular weight is 366 g/mol. The number of aromatic nitrogens is 1. The molecule has 0 atom stereocenters. The maximum Gasteiger partial charge on any atom is 0.245 e. The van der Waals surface area contributed by atoms with Gasteiger partial charge in [0, 0.05) is 16.8 Å². The van der Waals surface area contributed by atoms with Gasteiger partial charge in [0.2, 0.25) is 11.8 Å². The predicted molar refractivity (Wildman–Crippen MR) is 99.6 cm³/mol. The Labute approximate surface area is 150 Å². The summed E-state index contributed by atoms with van der Waals surface area (Å²) in [7, 11) is 0. The first-order chi connectivity index (χ1) is 11.6. The zero-order valence-electron chi connectivity index (χ0n) is 14.1. The minimum atomic E-state index is -0.194. The van der Waals surface area contributed by atoms with Gasteiger partial charge >= 0.3 is 0 Å². The Kier molecular flexibility index (Phi) is 7.39. The number of thiazole rings is 1. The third-order valence-corrected chi connectivity index (χ3v) is 5.24. The molecule has 0 aliphatic heterocycles. The third kappa shape index (κ3) is 6.05. The minimum absolute atomic E-state index is 0.000905. The molecule has 7 heteroatoms. The summed E-state index contributed by atoms with van der Waals surface area (Å²) in [6.45, 7) is 4.69. The molecule has 0 aliphatic carbocycles. The standard InChI is InChI=1S/C17H23N3O2S2/c1-3-4-5-8-20(16(22)10-14-7-6-9-23-14)11-15(21)19-17-18-13(2)12-24-17/h6-7,9,12H,3-5,8,10-11H2,1-2H3,(H,18,19,21). The van der Waals surface area contributed by atoms with Gasteiger partial charge in [0.05, 0.1) is 18.7 Å². The first-order valence-electron chi connectivity index (χ1n) is 8.10. The molecular weight excluding hydrogens is 342 g/mol. The summed E-state index contributed by atoms with van der Waals surface area (Å²) >= 11 is 2.96. The van der Waals surface area contributed by atoms with Crippen LogP contribution in [0.3, 0.4) is 0 Å². The normalized spacial score (nSPS) is 10.6. The minimum Gasteiger partial charge on any atom is -0.333 e. The Hall–Kier alpha value is -1.73. The SMILES string of the molecule is CCCCCN(CC(=O)Nc1nc(C)cs1)C(=O)Cc1cccs1. The van der Waals surface area contributed by atoms with E-state index in [1.165, 1.54) is 11.3 Å². The summed E-state index contributed by atoms with van der Waals surface area (Å²) in [6, 6.07) is 3.89. The molecule has 0 fully saturated rings.